The second kappa shape index (κ2) is 8.30. The fourth-order valence-corrected chi connectivity index (χ4v) is 3.35. The summed E-state index contributed by atoms with van der Waals surface area (Å²) >= 11 is 0. The highest BCUT2D eigenvalue weighted by Crippen LogP contribution is 2.43. The maximum absolute atomic E-state index is 13.1. The summed E-state index contributed by atoms with van der Waals surface area (Å²) in [5.41, 5.74) is 1.52. The van der Waals surface area contributed by atoms with Crippen LogP contribution in [0, 0.1) is 0 Å². The van der Waals surface area contributed by atoms with E-state index in [4.69, 9.17) is 4.74 Å². The number of nitrogens with zero attached hydrogens (tertiary/aromatic N) is 3. The van der Waals surface area contributed by atoms with Crippen LogP contribution in [-0.4, -0.2) is 27.3 Å². The molecule has 2 heterocycles. The molecule has 30 heavy (non-hydrogen) atoms. The Morgan fingerprint density at radius 1 is 1.17 bits per heavy atom. The summed E-state index contributed by atoms with van der Waals surface area (Å²) in [5.74, 6) is -0.402. The van der Waals surface area contributed by atoms with Gasteiger partial charge in [-0.3, -0.25) is 4.98 Å². The Bertz CT molecular complexity index is 1030. The van der Waals surface area contributed by atoms with E-state index in [1.165, 1.54) is 16.9 Å². The number of hydrogen-bond acceptors (Lipinski definition) is 4. The highest BCUT2D eigenvalue weighted by Gasteiger charge is 2.35. The third kappa shape index (κ3) is 4.53. The van der Waals surface area contributed by atoms with Gasteiger partial charge < -0.3 is 4.74 Å². The molecule has 156 valence electrons. The summed E-state index contributed by atoms with van der Waals surface area (Å²) in [6.07, 6.45) is 3.53. The van der Waals surface area contributed by atoms with Crippen LogP contribution in [0.25, 0.3) is 5.69 Å². The number of hydrogen-bond donors (Lipinski definition) is 0. The molecule has 0 radical (unpaired) electrons. The van der Waals surface area contributed by atoms with Crippen LogP contribution in [0.1, 0.15) is 52.4 Å². The van der Waals surface area contributed by atoms with Crippen molar-refractivity contribution in [3.8, 4) is 5.69 Å². The molecule has 4 rings (SSSR count). The molecule has 0 spiro atoms. The Kier molecular flexibility index (Phi) is 5.57. The van der Waals surface area contributed by atoms with Crippen LogP contribution in [0.15, 0.2) is 55.0 Å². The van der Waals surface area contributed by atoms with Gasteiger partial charge in [-0.2, -0.15) is 18.3 Å². The summed E-state index contributed by atoms with van der Waals surface area (Å²) in [7, 11) is 0. The van der Waals surface area contributed by atoms with Crippen LogP contribution in [-0.2, 0) is 17.3 Å². The zero-order valence-electron chi connectivity index (χ0n) is 16.1. The van der Waals surface area contributed by atoms with E-state index >= 15 is 0 Å². The van der Waals surface area contributed by atoms with E-state index in [1.54, 1.807) is 18.5 Å². The monoisotopic (exact) mass is 415 g/mol. The molecule has 5 nitrogen and oxygen atoms in total. The maximum Gasteiger partial charge on any atom is 0.416 e. The number of carbonyl (C=O) groups excluding carboxylic acids is 1. The average molecular weight is 415 g/mol. The Hall–Kier alpha value is -3.16. The predicted molar refractivity (Wildman–Crippen MR) is 103 cm³/mol. The van der Waals surface area contributed by atoms with Crippen LogP contribution in [0.3, 0.4) is 0 Å². The highest BCUT2D eigenvalue weighted by molar-refractivity contribution is 5.91. The third-order valence-electron chi connectivity index (χ3n) is 4.97. The predicted octanol–water partition coefficient (Wildman–Crippen LogP) is 4.95. The third-order valence-corrected chi connectivity index (χ3v) is 4.97. The van der Waals surface area contributed by atoms with Gasteiger partial charge in [-0.15, -0.1) is 0 Å². The summed E-state index contributed by atoms with van der Waals surface area (Å²) in [6.45, 7) is 0.243. The minimum absolute atomic E-state index is 0.0972. The van der Waals surface area contributed by atoms with Gasteiger partial charge in [-0.25, -0.2) is 9.48 Å². The van der Waals surface area contributed by atoms with E-state index in [-0.39, 0.29) is 18.2 Å². The molecular weight excluding hydrogens is 395 g/mol. The molecule has 1 fully saturated rings. The number of carbonyl (C=O) groups is 1. The van der Waals surface area contributed by atoms with Crippen molar-refractivity contribution in [1.29, 1.82) is 0 Å². The zero-order chi connectivity index (χ0) is 21.1. The molecule has 0 N–H and O–H groups in total. The first kappa shape index (κ1) is 20.1. The number of benzene rings is 1. The number of alkyl halides is 3. The van der Waals surface area contributed by atoms with E-state index in [9.17, 15) is 18.0 Å². The second-order valence-corrected chi connectivity index (χ2v) is 7.28. The Morgan fingerprint density at radius 3 is 2.70 bits per heavy atom. The molecule has 0 bridgehead atoms. The molecule has 0 aliphatic heterocycles. The van der Waals surface area contributed by atoms with Gasteiger partial charge in [0.1, 0.15) is 5.56 Å². The lowest BCUT2D eigenvalue weighted by molar-refractivity contribution is -0.137. The van der Waals surface area contributed by atoms with Crippen molar-refractivity contribution in [3.05, 3.63) is 77.4 Å². The lowest BCUT2D eigenvalue weighted by Gasteiger charge is -2.12. The molecule has 0 atom stereocenters. The highest BCUT2D eigenvalue weighted by atomic mass is 19.4. The molecule has 0 saturated heterocycles. The Morgan fingerprint density at radius 2 is 2.00 bits per heavy atom. The van der Waals surface area contributed by atoms with Crippen molar-refractivity contribution >= 4 is 5.97 Å². The number of rotatable bonds is 7. The number of pyridine rings is 1. The van der Waals surface area contributed by atoms with Gasteiger partial charge in [0.2, 0.25) is 0 Å². The van der Waals surface area contributed by atoms with Crippen molar-refractivity contribution < 1.29 is 22.7 Å². The average Bonchev–Trinajstić information content (AvgIpc) is 3.49. The van der Waals surface area contributed by atoms with Crippen molar-refractivity contribution in [3.63, 3.8) is 0 Å². The lowest BCUT2D eigenvalue weighted by Crippen LogP contribution is -2.11. The van der Waals surface area contributed by atoms with Gasteiger partial charge in [0, 0.05) is 18.3 Å². The number of aromatic nitrogens is 3. The van der Waals surface area contributed by atoms with E-state index in [1.807, 2.05) is 12.1 Å². The van der Waals surface area contributed by atoms with Crippen LogP contribution in [0.4, 0.5) is 13.2 Å². The van der Waals surface area contributed by atoms with Crippen molar-refractivity contribution in [2.75, 3.05) is 6.61 Å². The molecule has 1 aliphatic rings. The molecule has 8 heteroatoms. The van der Waals surface area contributed by atoms with Crippen LogP contribution >= 0.6 is 0 Å². The lowest BCUT2D eigenvalue weighted by atomic mass is 10.1. The Labute approximate surface area is 171 Å². The van der Waals surface area contributed by atoms with Gasteiger partial charge >= 0.3 is 12.1 Å². The largest absolute Gasteiger partial charge is 0.462 e. The van der Waals surface area contributed by atoms with Crippen LogP contribution < -0.4 is 0 Å². The van der Waals surface area contributed by atoms with Crippen LogP contribution in [0.2, 0.25) is 0 Å². The van der Waals surface area contributed by atoms with E-state index in [0.717, 1.165) is 37.0 Å². The number of aryl methyl sites for hydroxylation is 1. The zero-order valence-corrected chi connectivity index (χ0v) is 16.1. The van der Waals surface area contributed by atoms with Crippen molar-refractivity contribution in [2.24, 2.45) is 0 Å². The molecule has 1 aromatic carbocycles. The van der Waals surface area contributed by atoms with Gasteiger partial charge in [-0.1, -0.05) is 12.1 Å². The fraction of sp³-hybridized carbons (Fsp3) is 0.318. The molecule has 0 unspecified atom stereocenters. The van der Waals surface area contributed by atoms with Gasteiger partial charge in [0.25, 0.3) is 0 Å². The summed E-state index contributed by atoms with van der Waals surface area (Å²) in [4.78, 5) is 16.7. The number of esters is 1. The van der Waals surface area contributed by atoms with Gasteiger partial charge in [0.05, 0.1) is 29.7 Å². The fourth-order valence-electron chi connectivity index (χ4n) is 3.35. The maximum atomic E-state index is 13.1. The van der Waals surface area contributed by atoms with E-state index < -0.39 is 17.7 Å². The summed E-state index contributed by atoms with van der Waals surface area (Å²) in [5, 5.41) is 4.21. The normalized spacial score (nSPS) is 14.0. The van der Waals surface area contributed by atoms with Crippen molar-refractivity contribution in [2.45, 2.75) is 37.8 Å². The van der Waals surface area contributed by atoms with Gasteiger partial charge in [-0.05, 0) is 55.5 Å². The minimum atomic E-state index is -4.45. The molecule has 1 aliphatic carbocycles. The van der Waals surface area contributed by atoms with Gasteiger partial charge in [0.15, 0.2) is 0 Å². The van der Waals surface area contributed by atoms with Crippen molar-refractivity contribution in [1.82, 2.24) is 14.8 Å². The molecule has 2 aromatic heterocycles. The second-order valence-electron chi connectivity index (χ2n) is 7.28. The summed E-state index contributed by atoms with van der Waals surface area (Å²) in [6, 6.07) is 8.76. The first-order valence-electron chi connectivity index (χ1n) is 9.75. The topological polar surface area (TPSA) is 57.0 Å². The summed E-state index contributed by atoms with van der Waals surface area (Å²) < 4.78 is 46.1. The van der Waals surface area contributed by atoms with Crippen LogP contribution in [0.5, 0.6) is 0 Å². The molecule has 3 aromatic rings. The first-order valence-corrected chi connectivity index (χ1v) is 9.75. The quantitative estimate of drug-likeness (QED) is 0.405. The molecule has 0 amide bonds. The standard InChI is InChI=1S/C22H20F3N3O2/c23-22(24,25)17-6-1-7-18(12-17)28-20(16-8-9-16)19(14-27-28)21(29)30-11-3-5-15-4-2-10-26-13-15/h1-2,4,6-7,10,12-14,16H,3,5,8-9,11H2. The Balaban J connectivity index is 1.48. The SMILES string of the molecule is O=C(OCCCc1cccnc1)c1cnn(-c2cccc(C(F)(F)F)c2)c1C1CC1. The first-order chi connectivity index (χ1) is 14.4. The van der Waals surface area contributed by atoms with E-state index in [0.29, 0.717) is 17.7 Å². The van der Waals surface area contributed by atoms with E-state index in [2.05, 4.69) is 10.1 Å². The number of ether oxygens (including phenoxy) is 1. The smallest absolute Gasteiger partial charge is 0.416 e. The minimum Gasteiger partial charge on any atom is -0.462 e. The number of halogens is 3. The molecule has 1 saturated carbocycles. The molecular formula is C22H20F3N3O2.